The molecule has 0 bridgehead atoms. The number of nitrogens with one attached hydrogen (secondary N) is 1. The largest absolute Gasteiger partial charge is 0.497 e. The molecule has 0 fully saturated rings. The van der Waals surface area contributed by atoms with Gasteiger partial charge in [-0.25, -0.2) is 4.98 Å². The molecule has 0 unspecified atom stereocenters. The number of anilines is 1. The van der Waals surface area contributed by atoms with E-state index in [1.807, 2.05) is 30.3 Å². The van der Waals surface area contributed by atoms with Gasteiger partial charge >= 0.3 is 0 Å². The van der Waals surface area contributed by atoms with Crippen LogP contribution in [0, 0.1) is 0 Å². The van der Waals surface area contributed by atoms with Crippen LogP contribution in [0.4, 0.5) is 5.69 Å². The maximum Gasteiger partial charge on any atom is 0.271 e. The van der Waals surface area contributed by atoms with Crippen molar-refractivity contribution in [3.63, 3.8) is 0 Å². The van der Waals surface area contributed by atoms with Crippen molar-refractivity contribution in [3.8, 4) is 27.7 Å². The number of nitrogens with zero attached hydrogens (tertiary/aromatic N) is 2. The number of benzene rings is 2. The second-order valence-corrected chi connectivity index (χ2v) is 7.90. The highest BCUT2D eigenvalue weighted by atomic mass is 32.1. The molecular formula is C22H17N3O5S. The van der Waals surface area contributed by atoms with E-state index in [2.05, 4.69) is 10.3 Å². The van der Waals surface area contributed by atoms with Crippen molar-refractivity contribution in [1.82, 2.24) is 9.55 Å². The van der Waals surface area contributed by atoms with Gasteiger partial charge < -0.3 is 19.5 Å². The molecule has 0 spiro atoms. The van der Waals surface area contributed by atoms with E-state index in [0.29, 0.717) is 27.4 Å². The molecule has 0 atom stereocenters. The third kappa shape index (κ3) is 3.71. The highest BCUT2D eigenvalue weighted by Crippen LogP contribution is 2.34. The highest BCUT2D eigenvalue weighted by Gasteiger charge is 2.16. The summed E-state index contributed by atoms with van der Waals surface area (Å²) in [6.45, 7) is 0.0130. The second-order valence-electron chi connectivity index (χ2n) is 6.85. The lowest BCUT2D eigenvalue weighted by Crippen LogP contribution is -2.27. The molecule has 0 saturated carbocycles. The molecule has 1 aliphatic heterocycles. The van der Waals surface area contributed by atoms with E-state index in [0.717, 1.165) is 16.2 Å². The van der Waals surface area contributed by atoms with Crippen molar-refractivity contribution in [2.75, 3.05) is 19.2 Å². The van der Waals surface area contributed by atoms with Crippen molar-refractivity contribution < 1.29 is 19.0 Å². The molecule has 9 heteroatoms. The van der Waals surface area contributed by atoms with Gasteiger partial charge in [-0.15, -0.1) is 11.3 Å². The first-order valence-electron chi connectivity index (χ1n) is 9.43. The zero-order valence-electron chi connectivity index (χ0n) is 16.5. The summed E-state index contributed by atoms with van der Waals surface area (Å²) in [6, 6.07) is 14.6. The van der Waals surface area contributed by atoms with Crippen LogP contribution in [-0.2, 0) is 11.3 Å². The van der Waals surface area contributed by atoms with E-state index in [1.54, 1.807) is 25.3 Å². The van der Waals surface area contributed by atoms with Crippen molar-refractivity contribution in [2.45, 2.75) is 6.54 Å². The SMILES string of the molecule is COc1ccc(-c2cc3ncn(CC(=O)Nc4ccc5c(c4)OCO5)c(=O)c3s2)cc1. The second kappa shape index (κ2) is 7.77. The summed E-state index contributed by atoms with van der Waals surface area (Å²) in [5, 5.41) is 2.77. The molecule has 4 aromatic rings. The number of thiophene rings is 1. The van der Waals surface area contributed by atoms with Gasteiger partial charge in [-0.3, -0.25) is 14.2 Å². The van der Waals surface area contributed by atoms with Crippen molar-refractivity contribution in [2.24, 2.45) is 0 Å². The van der Waals surface area contributed by atoms with Gasteiger partial charge in [0.25, 0.3) is 5.56 Å². The predicted octanol–water partition coefficient (Wildman–Crippen LogP) is 3.50. The average molecular weight is 435 g/mol. The average Bonchev–Trinajstić information content (AvgIpc) is 3.43. The monoisotopic (exact) mass is 435 g/mol. The standard InChI is InChI=1S/C22H17N3O5S/c1-28-15-5-2-13(3-6-15)19-9-16-21(31-19)22(27)25(11-23-16)10-20(26)24-14-4-7-17-18(8-14)30-12-29-17/h2-9,11H,10,12H2,1H3,(H,24,26). The van der Waals surface area contributed by atoms with E-state index in [4.69, 9.17) is 14.2 Å². The summed E-state index contributed by atoms with van der Waals surface area (Å²) >= 11 is 1.35. The first-order chi connectivity index (χ1) is 15.1. The number of rotatable bonds is 5. The number of hydrogen-bond acceptors (Lipinski definition) is 7. The van der Waals surface area contributed by atoms with E-state index >= 15 is 0 Å². The minimum Gasteiger partial charge on any atom is -0.497 e. The van der Waals surface area contributed by atoms with Crippen molar-refractivity contribution in [3.05, 3.63) is 65.2 Å². The molecule has 31 heavy (non-hydrogen) atoms. The minimum atomic E-state index is -0.339. The molecule has 3 heterocycles. The Morgan fingerprint density at radius 3 is 2.77 bits per heavy atom. The zero-order chi connectivity index (χ0) is 21.4. The molecular weight excluding hydrogens is 418 g/mol. The van der Waals surface area contributed by atoms with Gasteiger partial charge in [0, 0.05) is 16.6 Å². The highest BCUT2D eigenvalue weighted by molar-refractivity contribution is 7.22. The number of methoxy groups -OCH3 is 1. The van der Waals surface area contributed by atoms with Crippen LogP contribution < -0.4 is 25.1 Å². The zero-order valence-corrected chi connectivity index (χ0v) is 17.3. The quantitative estimate of drug-likeness (QED) is 0.516. The summed E-state index contributed by atoms with van der Waals surface area (Å²) in [5.74, 6) is 1.63. The lowest BCUT2D eigenvalue weighted by Gasteiger charge is -2.07. The van der Waals surface area contributed by atoms with Gasteiger partial charge in [0.05, 0.1) is 19.0 Å². The van der Waals surface area contributed by atoms with Gasteiger partial charge in [0.15, 0.2) is 11.5 Å². The number of ether oxygens (including phenoxy) is 3. The summed E-state index contributed by atoms with van der Waals surface area (Å²) in [6.07, 6.45) is 1.40. The molecule has 0 aliphatic carbocycles. The Morgan fingerprint density at radius 2 is 1.97 bits per heavy atom. The van der Waals surface area contributed by atoms with Gasteiger partial charge in [-0.2, -0.15) is 0 Å². The van der Waals surface area contributed by atoms with E-state index < -0.39 is 0 Å². The normalized spacial score (nSPS) is 12.2. The fourth-order valence-electron chi connectivity index (χ4n) is 3.28. The Bertz CT molecular complexity index is 1340. The van der Waals surface area contributed by atoms with Gasteiger partial charge in [-0.1, -0.05) is 0 Å². The fraction of sp³-hybridized carbons (Fsp3) is 0.136. The smallest absolute Gasteiger partial charge is 0.271 e. The molecule has 2 aromatic carbocycles. The van der Waals surface area contributed by atoms with Gasteiger partial charge in [-0.05, 0) is 48.0 Å². The fourth-order valence-corrected chi connectivity index (χ4v) is 4.35. The molecule has 1 amide bonds. The lowest BCUT2D eigenvalue weighted by molar-refractivity contribution is -0.116. The molecule has 1 aliphatic rings. The van der Waals surface area contributed by atoms with Crippen LogP contribution in [0.5, 0.6) is 17.2 Å². The molecule has 156 valence electrons. The van der Waals surface area contributed by atoms with E-state index in [1.165, 1.54) is 22.2 Å². The molecule has 0 radical (unpaired) electrons. The number of carbonyl (C=O) groups is 1. The number of fused-ring (bicyclic) bond motifs is 2. The van der Waals surface area contributed by atoms with Crippen LogP contribution in [0.2, 0.25) is 0 Å². The van der Waals surface area contributed by atoms with Crippen LogP contribution in [0.1, 0.15) is 0 Å². The summed E-state index contributed by atoms with van der Waals surface area (Å²) < 4.78 is 17.6. The summed E-state index contributed by atoms with van der Waals surface area (Å²) in [7, 11) is 1.61. The minimum absolute atomic E-state index is 0.147. The van der Waals surface area contributed by atoms with E-state index in [9.17, 15) is 9.59 Å². The van der Waals surface area contributed by atoms with E-state index in [-0.39, 0.29) is 24.8 Å². The predicted molar refractivity (Wildman–Crippen MR) is 117 cm³/mol. The Labute approximate surface area is 180 Å². The Hall–Kier alpha value is -3.85. The Kier molecular flexibility index (Phi) is 4.79. The van der Waals surface area contributed by atoms with Crippen LogP contribution in [-0.4, -0.2) is 29.4 Å². The number of carbonyl (C=O) groups excluding carboxylic acids is 1. The third-order valence-corrected chi connectivity index (χ3v) is 6.01. The molecule has 2 aromatic heterocycles. The van der Waals surface area contributed by atoms with Crippen LogP contribution >= 0.6 is 11.3 Å². The molecule has 1 N–H and O–H groups in total. The van der Waals surface area contributed by atoms with Crippen LogP contribution in [0.15, 0.2) is 59.7 Å². The number of aromatic nitrogens is 2. The number of hydrogen-bond donors (Lipinski definition) is 1. The molecule has 5 rings (SSSR count). The molecule has 8 nitrogen and oxygen atoms in total. The van der Waals surface area contributed by atoms with Crippen molar-refractivity contribution >= 4 is 33.1 Å². The number of amides is 1. The first-order valence-corrected chi connectivity index (χ1v) is 10.3. The van der Waals surface area contributed by atoms with Crippen molar-refractivity contribution in [1.29, 1.82) is 0 Å². The van der Waals surface area contributed by atoms with Gasteiger partial charge in [0.1, 0.15) is 17.0 Å². The first kappa shape index (κ1) is 19.1. The maximum atomic E-state index is 12.9. The summed E-state index contributed by atoms with van der Waals surface area (Å²) in [4.78, 5) is 30.7. The van der Waals surface area contributed by atoms with Gasteiger partial charge in [0.2, 0.25) is 12.7 Å². The third-order valence-electron chi connectivity index (χ3n) is 4.85. The lowest BCUT2D eigenvalue weighted by atomic mass is 10.2. The van der Waals surface area contributed by atoms with Crippen LogP contribution in [0.25, 0.3) is 20.7 Å². The molecule has 0 saturated heterocycles. The Balaban J connectivity index is 1.36. The Morgan fingerprint density at radius 1 is 1.16 bits per heavy atom. The topological polar surface area (TPSA) is 91.7 Å². The maximum absolute atomic E-state index is 12.9. The summed E-state index contributed by atoms with van der Waals surface area (Å²) in [5.41, 5.74) is 1.88. The van der Waals surface area contributed by atoms with Crippen LogP contribution in [0.3, 0.4) is 0 Å².